The molecule has 0 aliphatic carbocycles. The van der Waals surface area contributed by atoms with E-state index in [1.807, 2.05) is 43.3 Å². The third-order valence-electron chi connectivity index (χ3n) is 3.80. The van der Waals surface area contributed by atoms with Crippen LogP contribution >= 0.6 is 27.5 Å². The molecule has 7 heteroatoms. The molecule has 132 valence electrons. The van der Waals surface area contributed by atoms with Crippen LogP contribution in [0.3, 0.4) is 0 Å². The summed E-state index contributed by atoms with van der Waals surface area (Å²) in [4.78, 5) is 28.5. The zero-order valence-electron chi connectivity index (χ0n) is 13.8. The summed E-state index contributed by atoms with van der Waals surface area (Å²) >= 11 is 9.51. The Morgan fingerprint density at radius 2 is 1.92 bits per heavy atom. The third kappa shape index (κ3) is 4.20. The fourth-order valence-electron chi connectivity index (χ4n) is 2.49. The van der Waals surface area contributed by atoms with E-state index in [1.54, 1.807) is 12.1 Å². The summed E-state index contributed by atoms with van der Waals surface area (Å²) in [6.45, 7) is 1.72. The molecule has 5 nitrogen and oxygen atoms in total. The summed E-state index contributed by atoms with van der Waals surface area (Å²) < 4.78 is 0.931. The average molecular weight is 433 g/mol. The first-order chi connectivity index (χ1) is 12.4. The number of nitrogens with one attached hydrogen (secondary N) is 2. The van der Waals surface area contributed by atoms with E-state index in [4.69, 9.17) is 11.6 Å². The number of carbonyl (C=O) groups excluding carboxylic acids is 2. The van der Waals surface area contributed by atoms with Crippen LogP contribution in [-0.4, -0.2) is 23.3 Å². The number of benzene rings is 2. The number of pyridine rings is 1. The molecule has 0 saturated carbocycles. The van der Waals surface area contributed by atoms with Crippen LogP contribution in [0, 0.1) is 6.92 Å². The lowest BCUT2D eigenvalue weighted by Crippen LogP contribution is -2.33. The number of aromatic nitrogens is 1. The summed E-state index contributed by atoms with van der Waals surface area (Å²) in [5.41, 5.74) is 1.78. The molecule has 1 heterocycles. The van der Waals surface area contributed by atoms with Gasteiger partial charge in [-0.2, -0.15) is 0 Å². The van der Waals surface area contributed by atoms with Gasteiger partial charge < -0.3 is 10.6 Å². The first-order valence-electron chi connectivity index (χ1n) is 7.83. The fraction of sp³-hybridized carbons (Fsp3) is 0.105. The second kappa shape index (κ2) is 7.85. The van der Waals surface area contributed by atoms with Gasteiger partial charge in [-0.3, -0.25) is 9.59 Å². The quantitative estimate of drug-likeness (QED) is 0.603. The molecule has 0 aliphatic rings. The highest BCUT2D eigenvalue weighted by molar-refractivity contribution is 9.10. The molecular formula is C19H15BrClN3O2. The first kappa shape index (κ1) is 18.4. The smallest absolute Gasteiger partial charge is 0.270 e. The maximum absolute atomic E-state index is 12.3. The van der Waals surface area contributed by atoms with Gasteiger partial charge in [-0.15, -0.1) is 0 Å². The topological polar surface area (TPSA) is 71.1 Å². The van der Waals surface area contributed by atoms with Gasteiger partial charge in [-0.1, -0.05) is 51.8 Å². The SMILES string of the molecule is Cc1cc(Br)ccc1NC(=O)CNC(=O)c1cc2ccccc2c(Cl)n1. The number of hydrogen-bond acceptors (Lipinski definition) is 3. The van der Waals surface area contributed by atoms with E-state index in [0.29, 0.717) is 5.69 Å². The first-order valence-corrected chi connectivity index (χ1v) is 9.00. The van der Waals surface area contributed by atoms with Gasteiger partial charge in [0.2, 0.25) is 5.91 Å². The van der Waals surface area contributed by atoms with Crippen LogP contribution in [-0.2, 0) is 4.79 Å². The maximum Gasteiger partial charge on any atom is 0.270 e. The predicted molar refractivity (Wildman–Crippen MR) is 107 cm³/mol. The molecule has 3 rings (SSSR count). The number of halogens is 2. The van der Waals surface area contributed by atoms with Crippen LogP contribution in [0.25, 0.3) is 10.8 Å². The van der Waals surface area contributed by atoms with Crippen LogP contribution in [0.15, 0.2) is 53.0 Å². The molecule has 3 aromatic rings. The van der Waals surface area contributed by atoms with Crippen molar-refractivity contribution in [1.29, 1.82) is 0 Å². The van der Waals surface area contributed by atoms with Crippen LogP contribution in [0.5, 0.6) is 0 Å². The van der Waals surface area contributed by atoms with Gasteiger partial charge in [0, 0.05) is 15.5 Å². The van der Waals surface area contributed by atoms with Crippen LogP contribution in [0.2, 0.25) is 5.15 Å². The summed E-state index contributed by atoms with van der Waals surface area (Å²) in [5.74, 6) is -0.781. The van der Waals surface area contributed by atoms with E-state index in [0.717, 1.165) is 20.8 Å². The molecule has 2 aromatic carbocycles. The summed E-state index contributed by atoms with van der Waals surface area (Å²) in [6.07, 6.45) is 0. The minimum absolute atomic E-state index is 0.166. The average Bonchev–Trinajstić information content (AvgIpc) is 2.62. The standard InChI is InChI=1S/C19H15BrClN3O2/c1-11-8-13(20)6-7-15(11)23-17(25)10-22-19(26)16-9-12-4-2-3-5-14(12)18(21)24-16/h2-9H,10H2,1H3,(H,22,26)(H,23,25). The lowest BCUT2D eigenvalue weighted by molar-refractivity contribution is -0.115. The number of carbonyl (C=O) groups is 2. The Hall–Kier alpha value is -2.44. The molecule has 0 spiro atoms. The second-order valence-corrected chi connectivity index (χ2v) is 6.98. The van der Waals surface area contributed by atoms with E-state index in [-0.39, 0.29) is 23.3 Å². The van der Waals surface area contributed by atoms with E-state index in [9.17, 15) is 9.59 Å². The van der Waals surface area contributed by atoms with Gasteiger partial charge in [-0.05, 0) is 42.1 Å². The van der Waals surface area contributed by atoms with Crippen molar-refractivity contribution in [2.24, 2.45) is 0 Å². The molecule has 2 amide bonds. The van der Waals surface area contributed by atoms with Crippen molar-refractivity contribution in [2.75, 3.05) is 11.9 Å². The van der Waals surface area contributed by atoms with Crippen LogP contribution in [0.1, 0.15) is 16.1 Å². The van der Waals surface area contributed by atoms with Crippen LogP contribution < -0.4 is 10.6 Å². The molecule has 0 saturated heterocycles. The molecule has 0 atom stereocenters. The van der Waals surface area contributed by atoms with Crippen molar-refractivity contribution in [3.63, 3.8) is 0 Å². The zero-order valence-corrected chi connectivity index (χ0v) is 16.2. The fourth-order valence-corrected chi connectivity index (χ4v) is 3.22. The number of nitrogens with zero attached hydrogens (tertiary/aromatic N) is 1. The minimum Gasteiger partial charge on any atom is -0.342 e. The highest BCUT2D eigenvalue weighted by Crippen LogP contribution is 2.22. The summed E-state index contributed by atoms with van der Waals surface area (Å²) in [7, 11) is 0. The molecule has 2 N–H and O–H groups in total. The Morgan fingerprint density at radius 1 is 1.15 bits per heavy atom. The van der Waals surface area contributed by atoms with Gasteiger partial charge >= 0.3 is 0 Å². The number of anilines is 1. The Morgan fingerprint density at radius 3 is 2.69 bits per heavy atom. The van der Waals surface area contributed by atoms with Crippen molar-refractivity contribution >= 4 is 55.8 Å². The molecule has 0 radical (unpaired) electrons. The van der Waals surface area contributed by atoms with Gasteiger partial charge in [0.15, 0.2) is 0 Å². The Labute approximate surface area is 163 Å². The van der Waals surface area contributed by atoms with E-state index in [2.05, 4.69) is 31.5 Å². The molecule has 0 aliphatic heterocycles. The summed E-state index contributed by atoms with van der Waals surface area (Å²) in [5, 5.41) is 7.16. The predicted octanol–water partition coefficient (Wildman–Crippen LogP) is 4.33. The maximum atomic E-state index is 12.3. The van der Waals surface area contributed by atoms with E-state index >= 15 is 0 Å². The highest BCUT2D eigenvalue weighted by atomic mass is 79.9. The van der Waals surface area contributed by atoms with E-state index in [1.165, 1.54) is 0 Å². The van der Waals surface area contributed by atoms with Crippen molar-refractivity contribution in [3.05, 3.63) is 69.4 Å². The van der Waals surface area contributed by atoms with Gasteiger partial charge in [0.25, 0.3) is 5.91 Å². The van der Waals surface area contributed by atoms with Gasteiger partial charge in [0.1, 0.15) is 10.8 Å². The van der Waals surface area contributed by atoms with E-state index < -0.39 is 5.91 Å². The molecule has 0 unspecified atom stereocenters. The monoisotopic (exact) mass is 431 g/mol. The van der Waals surface area contributed by atoms with Crippen molar-refractivity contribution in [2.45, 2.75) is 6.92 Å². The number of aryl methyl sites for hydroxylation is 1. The van der Waals surface area contributed by atoms with Crippen LogP contribution in [0.4, 0.5) is 5.69 Å². The van der Waals surface area contributed by atoms with Crippen molar-refractivity contribution in [3.8, 4) is 0 Å². The largest absolute Gasteiger partial charge is 0.342 e. The molecule has 26 heavy (non-hydrogen) atoms. The second-order valence-electron chi connectivity index (χ2n) is 5.71. The minimum atomic E-state index is -0.458. The molecular weight excluding hydrogens is 418 g/mol. The number of rotatable bonds is 4. The van der Waals surface area contributed by atoms with Gasteiger partial charge in [0.05, 0.1) is 6.54 Å². The highest BCUT2D eigenvalue weighted by Gasteiger charge is 2.13. The van der Waals surface area contributed by atoms with Crippen molar-refractivity contribution < 1.29 is 9.59 Å². The summed E-state index contributed by atoms with van der Waals surface area (Å²) in [6, 6.07) is 14.6. The van der Waals surface area contributed by atoms with Crippen molar-refractivity contribution in [1.82, 2.24) is 10.3 Å². The molecule has 0 fully saturated rings. The van der Waals surface area contributed by atoms with Gasteiger partial charge in [-0.25, -0.2) is 4.98 Å². The molecule has 1 aromatic heterocycles. The lowest BCUT2D eigenvalue weighted by Gasteiger charge is -2.10. The Balaban J connectivity index is 1.66. The normalized spacial score (nSPS) is 10.6. The number of hydrogen-bond donors (Lipinski definition) is 2. The zero-order chi connectivity index (χ0) is 18.7. The third-order valence-corrected chi connectivity index (χ3v) is 4.58. The Bertz CT molecular complexity index is 1010. The molecule has 0 bridgehead atoms. The number of amides is 2. The number of fused-ring (bicyclic) bond motifs is 1. The lowest BCUT2D eigenvalue weighted by atomic mass is 10.1. The Kier molecular flexibility index (Phi) is 5.54.